The van der Waals surface area contributed by atoms with Crippen LogP contribution in [-0.4, -0.2) is 36.8 Å². The number of hydrogen-bond acceptors (Lipinski definition) is 5. The van der Waals surface area contributed by atoms with Gasteiger partial charge in [0.2, 0.25) is 0 Å². The SMILES string of the molecule is O=C(N[C@H]1CC[C@@H](n2c(=O)c3cc(F)cnc3n(-c3ccc(F)c(F)c3)c2=O)CC1)C1(O)CC1. The molecule has 2 fully saturated rings. The highest BCUT2D eigenvalue weighted by Gasteiger charge is 2.48. The first kappa shape index (κ1) is 22.3. The van der Waals surface area contributed by atoms with E-state index in [1.807, 2.05) is 0 Å². The molecule has 2 aliphatic carbocycles. The minimum absolute atomic E-state index is 0.0552. The first-order valence-electron chi connectivity index (χ1n) is 11.0. The average Bonchev–Trinajstić information content (AvgIpc) is 3.56. The number of carbonyl (C=O) groups excluding carboxylic acids is 1. The topological polar surface area (TPSA) is 106 Å². The van der Waals surface area contributed by atoms with Gasteiger partial charge in [0.25, 0.3) is 11.5 Å². The van der Waals surface area contributed by atoms with Crippen molar-refractivity contribution >= 4 is 16.9 Å². The lowest BCUT2D eigenvalue weighted by Crippen LogP contribution is -2.47. The Labute approximate surface area is 190 Å². The van der Waals surface area contributed by atoms with Crippen LogP contribution in [0.25, 0.3) is 16.7 Å². The highest BCUT2D eigenvalue weighted by molar-refractivity contribution is 5.87. The number of amides is 1. The molecule has 8 nitrogen and oxygen atoms in total. The Kier molecular flexibility index (Phi) is 5.31. The number of nitrogens with zero attached hydrogens (tertiary/aromatic N) is 3. The lowest BCUT2D eigenvalue weighted by Gasteiger charge is -2.30. The van der Waals surface area contributed by atoms with Crippen LogP contribution in [0.15, 0.2) is 40.1 Å². The fraction of sp³-hybridized carbons (Fsp3) is 0.391. The van der Waals surface area contributed by atoms with Crippen LogP contribution in [0.4, 0.5) is 13.2 Å². The van der Waals surface area contributed by atoms with Gasteiger partial charge in [-0.2, -0.15) is 0 Å². The quantitative estimate of drug-likeness (QED) is 0.603. The van der Waals surface area contributed by atoms with Crippen molar-refractivity contribution in [1.29, 1.82) is 0 Å². The molecule has 2 aliphatic rings. The molecule has 0 aliphatic heterocycles. The molecule has 0 unspecified atom stereocenters. The Balaban J connectivity index is 1.54. The third-order valence-electron chi connectivity index (χ3n) is 6.60. The Morgan fingerprint density at radius 1 is 1.06 bits per heavy atom. The lowest BCUT2D eigenvalue weighted by atomic mass is 9.90. The maximum atomic E-state index is 13.9. The van der Waals surface area contributed by atoms with Crippen LogP contribution in [0.1, 0.15) is 44.6 Å². The van der Waals surface area contributed by atoms with E-state index in [0.29, 0.717) is 38.5 Å². The summed E-state index contributed by atoms with van der Waals surface area (Å²) in [6.45, 7) is 0. The Morgan fingerprint density at radius 3 is 2.41 bits per heavy atom. The van der Waals surface area contributed by atoms with Crippen molar-refractivity contribution in [2.45, 2.75) is 56.2 Å². The molecule has 3 aromatic rings. The van der Waals surface area contributed by atoms with Gasteiger partial charge in [-0.05, 0) is 56.7 Å². The number of aliphatic hydroxyl groups is 1. The summed E-state index contributed by atoms with van der Waals surface area (Å²) in [5.74, 6) is -3.49. The zero-order chi connectivity index (χ0) is 24.2. The van der Waals surface area contributed by atoms with Gasteiger partial charge in [-0.1, -0.05) is 0 Å². The minimum atomic E-state index is -1.29. The molecule has 2 saturated carbocycles. The fourth-order valence-corrected chi connectivity index (χ4v) is 4.51. The predicted molar refractivity (Wildman–Crippen MR) is 115 cm³/mol. The van der Waals surface area contributed by atoms with Gasteiger partial charge in [-0.25, -0.2) is 27.5 Å². The summed E-state index contributed by atoms with van der Waals surface area (Å²) >= 11 is 0. The summed E-state index contributed by atoms with van der Waals surface area (Å²) in [5, 5.41) is 12.6. The van der Waals surface area contributed by atoms with Crippen LogP contribution >= 0.6 is 0 Å². The van der Waals surface area contributed by atoms with Crippen molar-refractivity contribution in [3.05, 3.63) is 68.8 Å². The summed E-state index contributed by atoms with van der Waals surface area (Å²) in [7, 11) is 0. The molecule has 0 atom stereocenters. The molecule has 0 saturated heterocycles. The van der Waals surface area contributed by atoms with E-state index in [9.17, 15) is 32.7 Å². The van der Waals surface area contributed by atoms with Gasteiger partial charge < -0.3 is 10.4 Å². The van der Waals surface area contributed by atoms with Crippen LogP contribution < -0.4 is 16.6 Å². The third kappa shape index (κ3) is 3.79. The Morgan fingerprint density at radius 2 is 1.76 bits per heavy atom. The van der Waals surface area contributed by atoms with Gasteiger partial charge >= 0.3 is 5.69 Å². The maximum absolute atomic E-state index is 13.9. The van der Waals surface area contributed by atoms with Gasteiger partial charge in [0.05, 0.1) is 17.3 Å². The number of aromatic nitrogens is 3. The van der Waals surface area contributed by atoms with E-state index in [1.165, 1.54) is 6.07 Å². The van der Waals surface area contributed by atoms with Gasteiger partial charge in [0.15, 0.2) is 17.3 Å². The molecule has 178 valence electrons. The van der Waals surface area contributed by atoms with Crippen LogP contribution in [0, 0.1) is 17.5 Å². The number of pyridine rings is 1. The second-order valence-corrected chi connectivity index (χ2v) is 8.93. The number of benzene rings is 1. The van der Waals surface area contributed by atoms with Crippen molar-refractivity contribution in [2.24, 2.45) is 0 Å². The van der Waals surface area contributed by atoms with Crippen LogP contribution in [0.3, 0.4) is 0 Å². The summed E-state index contributed by atoms with van der Waals surface area (Å²) in [4.78, 5) is 42.7. The normalized spacial score (nSPS) is 21.4. The first-order valence-corrected chi connectivity index (χ1v) is 11.0. The second kappa shape index (κ2) is 8.08. The summed E-state index contributed by atoms with van der Waals surface area (Å²) in [6.07, 6.45) is 3.34. The molecule has 1 aromatic carbocycles. The molecule has 2 N–H and O–H groups in total. The highest BCUT2D eigenvalue weighted by atomic mass is 19.2. The Hall–Kier alpha value is -3.47. The summed E-state index contributed by atoms with van der Waals surface area (Å²) in [6, 6.07) is 3.03. The van der Waals surface area contributed by atoms with Crippen molar-refractivity contribution in [3.63, 3.8) is 0 Å². The van der Waals surface area contributed by atoms with Gasteiger partial charge in [-0.15, -0.1) is 0 Å². The van der Waals surface area contributed by atoms with E-state index in [4.69, 9.17) is 0 Å². The largest absolute Gasteiger partial charge is 0.380 e. The van der Waals surface area contributed by atoms with Gasteiger partial charge in [-0.3, -0.25) is 14.2 Å². The average molecular weight is 474 g/mol. The zero-order valence-corrected chi connectivity index (χ0v) is 17.9. The van der Waals surface area contributed by atoms with E-state index >= 15 is 0 Å². The minimum Gasteiger partial charge on any atom is -0.380 e. The van der Waals surface area contributed by atoms with Crippen molar-refractivity contribution < 1.29 is 23.1 Å². The van der Waals surface area contributed by atoms with E-state index in [2.05, 4.69) is 10.3 Å². The first-order chi connectivity index (χ1) is 16.2. The second-order valence-electron chi connectivity index (χ2n) is 8.93. The van der Waals surface area contributed by atoms with Crippen LogP contribution in [0.5, 0.6) is 0 Å². The number of halogens is 3. The van der Waals surface area contributed by atoms with Gasteiger partial charge in [0.1, 0.15) is 11.4 Å². The molecule has 0 radical (unpaired) electrons. The maximum Gasteiger partial charge on any atom is 0.337 e. The predicted octanol–water partition coefficient (Wildman–Crippen LogP) is 2.09. The van der Waals surface area contributed by atoms with Crippen molar-refractivity contribution in [2.75, 3.05) is 0 Å². The summed E-state index contributed by atoms with van der Waals surface area (Å²) in [5.41, 5.74) is -3.05. The van der Waals surface area contributed by atoms with Crippen molar-refractivity contribution in [1.82, 2.24) is 19.4 Å². The zero-order valence-electron chi connectivity index (χ0n) is 17.9. The number of rotatable bonds is 4. The molecule has 1 amide bonds. The molecule has 0 bridgehead atoms. The number of hydrogen-bond donors (Lipinski definition) is 2. The van der Waals surface area contributed by atoms with E-state index < -0.39 is 46.3 Å². The van der Waals surface area contributed by atoms with Crippen LogP contribution in [0.2, 0.25) is 0 Å². The summed E-state index contributed by atoms with van der Waals surface area (Å²) < 4.78 is 43.3. The molecule has 5 rings (SSSR count). The van der Waals surface area contributed by atoms with Crippen molar-refractivity contribution in [3.8, 4) is 5.69 Å². The molecular formula is C23H21F3N4O4. The molecule has 2 aromatic heterocycles. The highest BCUT2D eigenvalue weighted by Crippen LogP contribution is 2.36. The van der Waals surface area contributed by atoms with Gasteiger partial charge in [0, 0.05) is 18.2 Å². The molecule has 34 heavy (non-hydrogen) atoms. The molecule has 0 spiro atoms. The standard InChI is InChI=1S/C23H21F3N4O4/c24-12-9-16-19(27-11-12)29(15-5-6-17(25)18(26)10-15)22(33)30(20(16)31)14-3-1-13(2-4-14)28-21(32)23(34)7-8-23/h5-6,9-11,13-14,34H,1-4,7-8H2,(H,28,32)/t13-,14+. The van der Waals surface area contributed by atoms with E-state index in [1.54, 1.807) is 0 Å². The van der Waals surface area contributed by atoms with E-state index in [0.717, 1.165) is 33.5 Å². The smallest absolute Gasteiger partial charge is 0.337 e. The molecule has 11 heteroatoms. The monoisotopic (exact) mass is 474 g/mol. The molecular weight excluding hydrogens is 453 g/mol. The lowest BCUT2D eigenvalue weighted by molar-refractivity contribution is -0.132. The van der Waals surface area contributed by atoms with Crippen LogP contribution in [-0.2, 0) is 4.79 Å². The third-order valence-corrected chi connectivity index (χ3v) is 6.60. The number of nitrogens with one attached hydrogen (secondary N) is 1. The fourth-order valence-electron chi connectivity index (χ4n) is 4.51. The number of carbonyl (C=O) groups is 1. The Bertz CT molecular complexity index is 1420. The number of fused-ring (bicyclic) bond motifs is 1. The molecule has 2 heterocycles. The van der Waals surface area contributed by atoms with E-state index in [-0.39, 0.29) is 22.8 Å².